The molecule has 0 aromatic heterocycles. The lowest BCUT2D eigenvalue weighted by Gasteiger charge is -2.34. The fourth-order valence-electron chi connectivity index (χ4n) is 2.96. The lowest BCUT2D eigenvalue weighted by molar-refractivity contribution is 0.0671. The van der Waals surface area contributed by atoms with Gasteiger partial charge in [0.25, 0.3) is 5.91 Å². The molecular weight excluding hydrogens is 276 g/mol. The van der Waals surface area contributed by atoms with Crippen LogP contribution in [0.4, 0.5) is 14.5 Å². The largest absolute Gasteiger partial charge is 0.339 e. The van der Waals surface area contributed by atoms with Gasteiger partial charge in [-0.3, -0.25) is 10.6 Å². The number of carbonyl (C=O) groups is 1. The number of nitrogen functional groups attached to an aromatic ring is 1. The van der Waals surface area contributed by atoms with Gasteiger partial charge in [0, 0.05) is 18.7 Å². The highest BCUT2D eigenvalue weighted by molar-refractivity contribution is 5.94. The fraction of sp³-hybridized carbons (Fsp3) is 0.533. The minimum Gasteiger partial charge on any atom is -0.339 e. The van der Waals surface area contributed by atoms with Gasteiger partial charge in [0.05, 0.1) is 0 Å². The van der Waals surface area contributed by atoms with Crippen molar-refractivity contribution in [2.75, 3.05) is 12.5 Å². The summed E-state index contributed by atoms with van der Waals surface area (Å²) in [7, 11) is 1.69. The number of hydrogen-bond acceptors (Lipinski definition) is 3. The summed E-state index contributed by atoms with van der Waals surface area (Å²) in [6, 6.07) is 2.16. The van der Waals surface area contributed by atoms with Crippen molar-refractivity contribution in [2.45, 2.75) is 38.6 Å². The minimum atomic E-state index is -0.869. The molecule has 2 rings (SSSR count). The van der Waals surface area contributed by atoms with E-state index in [-0.39, 0.29) is 17.5 Å². The Morgan fingerprint density at radius 2 is 1.95 bits per heavy atom. The predicted molar refractivity (Wildman–Crippen MR) is 77.7 cm³/mol. The van der Waals surface area contributed by atoms with E-state index >= 15 is 0 Å². The highest BCUT2D eigenvalue weighted by Gasteiger charge is 2.27. The van der Waals surface area contributed by atoms with Gasteiger partial charge in [0.1, 0.15) is 5.69 Å². The second-order valence-electron chi connectivity index (χ2n) is 5.80. The van der Waals surface area contributed by atoms with Crippen LogP contribution in [0.5, 0.6) is 0 Å². The zero-order valence-corrected chi connectivity index (χ0v) is 12.3. The van der Waals surface area contributed by atoms with Crippen LogP contribution >= 0.6 is 0 Å². The third-order valence-electron chi connectivity index (χ3n) is 4.21. The number of hydrogen-bond donors (Lipinski definition) is 2. The van der Waals surface area contributed by atoms with E-state index in [1.165, 1.54) is 6.42 Å². The first kappa shape index (κ1) is 15.7. The van der Waals surface area contributed by atoms with Gasteiger partial charge in [0.2, 0.25) is 0 Å². The first-order chi connectivity index (χ1) is 9.93. The summed E-state index contributed by atoms with van der Waals surface area (Å²) in [6.45, 7) is 2.16. The molecule has 0 radical (unpaired) electrons. The van der Waals surface area contributed by atoms with E-state index in [1.807, 2.05) is 5.43 Å². The zero-order chi connectivity index (χ0) is 15.6. The Hall–Kier alpha value is -1.69. The lowest BCUT2D eigenvalue weighted by Crippen LogP contribution is -2.39. The first-order valence-corrected chi connectivity index (χ1v) is 7.16. The molecule has 1 aromatic carbocycles. The van der Waals surface area contributed by atoms with E-state index in [9.17, 15) is 13.6 Å². The van der Waals surface area contributed by atoms with Crippen LogP contribution in [-0.4, -0.2) is 23.9 Å². The topological polar surface area (TPSA) is 58.4 Å². The molecule has 2 unspecified atom stereocenters. The predicted octanol–water partition coefficient (Wildman–Crippen LogP) is 2.90. The minimum absolute atomic E-state index is 0.00438. The first-order valence-electron chi connectivity index (χ1n) is 7.16. The van der Waals surface area contributed by atoms with Gasteiger partial charge < -0.3 is 10.3 Å². The molecule has 1 aliphatic carbocycles. The van der Waals surface area contributed by atoms with Crippen molar-refractivity contribution in [3.8, 4) is 0 Å². The molecule has 21 heavy (non-hydrogen) atoms. The number of anilines is 1. The number of carbonyl (C=O) groups excluding carboxylic acids is 1. The van der Waals surface area contributed by atoms with E-state index in [0.717, 1.165) is 31.4 Å². The second kappa shape index (κ2) is 6.39. The van der Waals surface area contributed by atoms with Gasteiger partial charge in [-0.2, -0.15) is 0 Å². The molecule has 1 amide bonds. The van der Waals surface area contributed by atoms with Crippen molar-refractivity contribution >= 4 is 11.6 Å². The molecule has 0 bridgehead atoms. The van der Waals surface area contributed by atoms with Gasteiger partial charge in [-0.15, -0.1) is 0 Å². The van der Waals surface area contributed by atoms with Gasteiger partial charge >= 0.3 is 0 Å². The van der Waals surface area contributed by atoms with Crippen molar-refractivity contribution in [3.05, 3.63) is 29.3 Å². The number of benzene rings is 1. The molecule has 0 aliphatic heterocycles. The van der Waals surface area contributed by atoms with Crippen molar-refractivity contribution in [1.82, 2.24) is 4.90 Å². The van der Waals surface area contributed by atoms with Crippen molar-refractivity contribution < 1.29 is 13.6 Å². The number of nitrogens with two attached hydrogens (primary N) is 1. The van der Waals surface area contributed by atoms with E-state index < -0.39 is 17.3 Å². The number of nitrogens with one attached hydrogen (secondary N) is 1. The molecule has 3 N–H and O–H groups in total. The standard InChI is InChI=1S/C15H21F2N3O/c1-9-4-3-5-11(6-9)20(2)15(21)10-7-12(16)14(19-18)13(17)8-10/h7-9,11,19H,3-6,18H2,1-2H3. The third-order valence-corrected chi connectivity index (χ3v) is 4.21. The highest BCUT2D eigenvalue weighted by Crippen LogP contribution is 2.28. The van der Waals surface area contributed by atoms with Crippen LogP contribution in [0.3, 0.4) is 0 Å². The molecule has 4 nitrogen and oxygen atoms in total. The van der Waals surface area contributed by atoms with Gasteiger partial charge in [-0.05, 0) is 30.9 Å². The Labute approximate surface area is 123 Å². The van der Waals surface area contributed by atoms with Crippen LogP contribution in [-0.2, 0) is 0 Å². The van der Waals surface area contributed by atoms with Crippen LogP contribution in [0.25, 0.3) is 0 Å². The molecule has 2 atom stereocenters. The van der Waals surface area contributed by atoms with Crippen LogP contribution in [0.1, 0.15) is 43.0 Å². The fourth-order valence-corrected chi connectivity index (χ4v) is 2.96. The van der Waals surface area contributed by atoms with Crippen LogP contribution in [0.15, 0.2) is 12.1 Å². The summed E-state index contributed by atoms with van der Waals surface area (Å²) < 4.78 is 27.4. The van der Waals surface area contributed by atoms with E-state index in [2.05, 4.69) is 6.92 Å². The quantitative estimate of drug-likeness (QED) is 0.666. The zero-order valence-electron chi connectivity index (χ0n) is 12.3. The summed E-state index contributed by atoms with van der Waals surface area (Å²) in [6.07, 6.45) is 4.09. The normalized spacial score (nSPS) is 22.0. The average molecular weight is 297 g/mol. The van der Waals surface area contributed by atoms with Crippen LogP contribution in [0, 0.1) is 17.6 Å². The van der Waals surface area contributed by atoms with Crippen molar-refractivity contribution in [2.24, 2.45) is 11.8 Å². The number of rotatable bonds is 3. The number of amides is 1. The average Bonchev–Trinajstić information content (AvgIpc) is 2.45. The highest BCUT2D eigenvalue weighted by atomic mass is 19.1. The monoisotopic (exact) mass is 297 g/mol. The Kier molecular flexibility index (Phi) is 4.77. The number of nitrogens with zero attached hydrogens (tertiary/aromatic N) is 1. The molecule has 1 aromatic rings. The summed E-state index contributed by atoms with van der Waals surface area (Å²) >= 11 is 0. The Morgan fingerprint density at radius 1 is 1.33 bits per heavy atom. The van der Waals surface area contributed by atoms with Crippen molar-refractivity contribution in [3.63, 3.8) is 0 Å². The van der Waals surface area contributed by atoms with Gasteiger partial charge in [-0.25, -0.2) is 8.78 Å². The van der Waals surface area contributed by atoms with E-state index in [1.54, 1.807) is 11.9 Å². The smallest absolute Gasteiger partial charge is 0.254 e. The molecule has 1 aliphatic rings. The maximum absolute atomic E-state index is 13.7. The van der Waals surface area contributed by atoms with E-state index in [4.69, 9.17) is 5.84 Å². The van der Waals surface area contributed by atoms with E-state index in [0.29, 0.717) is 5.92 Å². The summed E-state index contributed by atoms with van der Waals surface area (Å²) in [4.78, 5) is 14.0. The third kappa shape index (κ3) is 3.32. The molecule has 0 heterocycles. The summed E-state index contributed by atoms with van der Waals surface area (Å²) in [5, 5.41) is 0. The molecule has 6 heteroatoms. The van der Waals surface area contributed by atoms with Gasteiger partial charge in [0.15, 0.2) is 11.6 Å². The number of hydrazine groups is 1. The second-order valence-corrected chi connectivity index (χ2v) is 5.80. The van der Waals surface area contributed by atoms with Crippen molar-refractivity contribution in [1.29, 1.82) is 0 Å². The Morgan fingerprint density at radius 3 is 2.48 bits per heavy atom. The lowest BCUT2D eigenvalue weighted by atomic mass is 9.86. The Bertz CT molecular complexity index is 513. The van der Waals surface area contributed by atoms with Gasteiger partial charge in [-0.1, -0.05) is 19.8 Å². The van der Waals surface area contributed by atoms with Crippen LogP contribution < -0.4 is 11.3 Å². The number of halogens is 2. The maximum atomic E-state index is 13.7. The molecule has 0 saturated heterocycles. The molecule has 0 spiro atoms. The SMILES string of the molecule is CC1CCCC(N(C)C(=O)c2cc(F)c(NN)c(F)c2)C1. The molecular formula is C15H21F2N3O. The summed E-state index contributed by atoms with van der Waals surface area (Å²) in [5.41, 5.74) is 1.53. The molecule has 116 valence electrons. The molecule has 1 fully saturated rings. The maximum Gasteiger partial charge on any atom is 0.254 e. The molecule has 1 saturated carbocycles. The Balaban J connectivity index is 2.19. The van der Waals surface area contributed by atoms with Crippen LogP contribution in [0.2, 0.25) is 0 Å². The summed E-state index contributed by atoms with van der Waals surface area (Å²) in [5.74, 6) is 3.51.